The first-order valence-corrected chi connectivity index (χ1v) is 8.57. The third kappa shape index (κ3) is 3.56. The van der Waals surface area contributed by atoms with Crippen molar-refractivity contribution in [3.63, 3.8) is 0 Å². The van der Waals surface area contributed by atoms with E-state index in [1.807, 2.05) is 0 Å². The predicted molar refractivity (Wildman–Crippen MR) is 78.0 cm³/mol. The fourth-order valence-corrected chi connectivity index (χ4v) is 5.89. The third-order valence-electron chi connectivity index (χ3n) is 3.60. The minimum atomic E-state index is 0.484. The summed E-state index contributed by atoms with van der Waals surface area (Å²) >= 11 is 4.26. The summed E-state index contributed by atoms with van der Waals surface area (Å²) < 4.78 is 0. The minimum Gasteiger partial charge on any atom is -0.271 e. The molecule has 1 saturated heterocycles. The summed E-state index contributed by atoms with van der Waals surface area (Å²) in [7, 11) is 0. The zero-order valence-electron chi connectivity index (χ0n) is 10.7. The van der Waals surface area contributed by atoms with E-state index in [1.165, 1.54) is 30.8 Å². The Morgan fingerprint density at radius 3 is 2.31 bits per heavy atom. The number of hydrogen-bond acceptors (Lipinski definition) is 4. The van der Waals surface area contributed by atoms with Crippen LogP contribution in [0.5, 0.6) is 0 Å². The molecule has 1 rings (SSSR count). The molecule has 16 heavy (non-hydrogen) atoms. The van der Waals surface area contributed by atoms with Crippen molar-refractivity contribution in [1.82, 2.24) is 5.43 Å². The number of thioether (sulfide) groups is 2. The lowest BCUT2D eigenvalue weighted by Crippen LogP contribution is -2.52. The standard InChI is InChI=1S/C12H26N2S2/c1-4-9(5-2)11(14-13)12-10(6-3)15-7-8-16-12/h9-12,14H,4-8,13H2,1-3H3. The van der Waals surface area contributed by atoms with Gasteiger partial charge in [0.25, 0.3) is 0 Å². The van der Waals surface area contributed by atoms with Crippen molar-refractivity contribution in [2.45, 2.75) is 56.6 Å². The second kappa shape index (κ2) is 7.85. The highest BCUT2D eigenvalue weighted by molar-refractivity contribution is 8.07. The van der Waals surface area contributed by atoms with Crippen LogP contribution < -0.4 is 11.3 Å². The van der Waals surface area contributed by atoms with Gasteiger partial charge in [0.1, 0.15) is 0 Å². The monoisotopic (exact) mass is 262 g/mol. The van der Waals surface area contributed by atoms with Gasteiger partial charge in [-0.2, -0.15) is 23.5 Å². The van der Waals surface area contributed by atoms with E-state index in [0.29, 0.717) is 11.3 Å². The van der Waals surface area contributed by atoms with E-state index < -0.39 is 0 Å². The highest BCUT2D eigenvalue weighted by atomic mass is 32.2. The quantitative estimate of drug-likeness (QED) is 0.570. The molecule has 1 fully saturated rings. The minimum absolute atomic E-state index is 0.484. The van der Waals surface area contributed by atoms with Gasteiger partial charge < -0.3 is 0 Å². The van der Waals surface area contributed by atoms with Crippen LogP contribution in [0.2, 0.25) is 0 Å². The zero-order chi connectivity index (χ0) is 12.0. The van der Waals surface area contributed by atoms with Crippen LogP contribution in [0.15, 0.2) is 0 Å². The normalized spacial score (nSPS) is 28.3. The van der Waals surface area contributed by atoms with E-state index in [-0.39, 0.29) is 0 Å². The Morgan fingerprint density at radius 1 is 1.19 bits per heavy atom. The molecule has 1 aliphatic rings. The molecule has 0 aromatic rings. The topological polar surface area (TPSA) is 38.0 Å². The molecule has 0 amide bonds. The van der Waals surface area contributed by atoms with Crippen molar-refractivity contribution in [2.75, 3.05) is 11.5 Å². The molecular weight excluding hydrogens is 236 g/mol. The molecule has 3 unspecified atom stereocenters. The van der Waals surface area contributed by atoms with Gasteiger partial charge in [0.2, 0.25) is 0 Å². The van der Waals surface area contributed by atoms with Crippen LogP contribution in [0.1, 0.15) is 40.0 Å². The van der Waals surface area contributed by atoms with Gasteiger partial charge >= 0.3 is 0 Å². The summed E-state index contributed by atoms with van der Waals surface area (Å²) in [6, 6.07) is 0.484. The van der Waals surface area contributed by atoms with Gasteiger partial charge in [-0.3, -0.25) is 11.3 Å². The first-order valence-electron chi connectivity index (χ1n) is 6.47. The maximum atomic E-state index is 5.80. The summed E-state index contributed by atoms with van der Waals surface area (Å²) in [5.74, 6) is 9.11. The second-order valence-corrected chi connectivity index (χ2v) is 7.05. The molecule has 0 radical (unpaired) electrons. The van der Waals surface area contributed by atoms with Crippen LogP contribution in [0, 0.1) is 5.92 Å². The van der Waals surface area contributed by atoms with Crippen LogP contribution in [0.4, 0.5) is 0 Å². The van der Waals surface area contributed by atoms with Gasteiger partial charge in [-0.05, 0) is 12.3 Å². The number of hydrogen-bond donors (Lipinski definition) is 2. The molecule has 0 aromatic heterocycles. The Bertz CT molecular complexity index is 178. The SMILES string of the molecule is CCC(CC)C(NN)C1SCCSC1CC. The summed E-state index contributed by atoms with van der Waals surface area (Å²) in [6.45, 7) is 6.86. The van der Waals surface area contributed by atoms with Gasteiger partial charge in [-0.1, -0.05) is 33.6 Å². The fourth-order valence-electron chi connectivity index (χ4n) is 2.57. The van der Waals surface area contributed by atoms with E-state index in [1.54, 1.807) is 0 Å². The molecule has 1 aliphatic heterocycles. The van der Waals surface area contributed by atoms with Crippen LogP contribution in [0.3, 0.4) is 0 Å². The van der Waals surface area contributed by atoms with Crippen molar-refractivity contribution in [3.05, 3.63) is 0 Å². The van der Waals surface area contributed by atoms with Crippen LogP contribution in [-0.2, 0) is 0 Å². The van der Waals surface area contributed by atoms with E-state index in [2.05, 4.69) is 49.7 Å². The lowest BCUT2D eigenvalue weighted by molar-refractivity contribution is 0.324. The second-order valence-electron chi connectivity index (χ2n) is 4.42. The predicted octanol–water partition coefficient (Wildman–Crippen LogP) is 2.88. The van der Waals surface area contributed by atoms with Crippen LogP contribution >= 0.6 is 23.5 Å². The van der Waals surface area contributed by atoms with Crippen molar-refractivity contribution in [1.29, 1.82) is 0 Å². The van der Waals surface area contributed by atoms with Crippen molar-refractivity contribution >= 4 is 23.5 Å². The lowest BCUT2D eigenvalue weighted by atomic mass is 9.90. The summed E-state index contributed by atoms with van der Waals surface area (Å²) in [4.78, 5) is 0. The first-order chi connectivity index (χ1) is 7.78. The molecule has 0 spiro atoms. The zero-order valence-corrected chi connectivity index (χ0v) is 12.4. The molecule has 0 bridgehead atoms. The molecule has 4 heteroatoms. The Kier molecular flexibility index (Phi) is 7.20. The summed E-state index contributed by atoms with van der Waals surface area (Å²) in [5.41, 5.74) is 3.10. The molecular formula is C12H26N2S2. The molecule has 96 valence electrons. The number of nitrogens with two attached hydrogens (primary N) is 1. The maximum absolute atomic E-state index is 5.80. The smallest absolute Gasteiger partial charge is 0.0368 e. The molecule has 3 N–H and O–H groups in total. The first kappa shape index (κ1) is 14.7. The van der Waals surface area contributed by atoms with Gasteiger partial charge in [-0.25, -0.2) is 0 Å². The van der Waals surface area contributed by atoms with E-state index in [0.717, 1.165) is 11.2 Å². The molecule has 2 nitrogen and oxygen atoms in total. The highest BCUT2D eigenvalue weighted by Crippen LogP contribution is 2.37. The van der Waals surface area contributed by atoms with Gasteiger partial charge in [0.15, 0.2) is 0 Å². The van der Waals surface area contributed by atoms with Gasteiger partial charge in [0, 0.05) is 28.0 Å². The van der Waals surface area contributed by atoms with E-state index >= 15 is 0 Å². The Labute approximate surface area is 109 Å². The number of rotatable bonds is 6. The van der Waals surface area contributed by atoms with Crippen molar-refractivity contribution in [2.24, 2.45) is 11.8 Å². The highest BCUT2D eigenvalue weighted by Gasteiger charge is 2.34. The third-order valence-corrected chi connectivity index (χ3v) is 6.97. The maximum Gasteiger partial charge on any atom is 0.0368 e. The van der Waals surface area contributed by atoms with Gasteiger partial charge in [-0.15, -0.1) is 0 Å². The van der Waals surface area contributed by atoms with Crippen molar-refractivity contribution < 1.29 is 0 Å². The average Bonchev–Trinajstić information content (AvgIpc) is 2.35. The molecule has 3 atom stereocenters. The number of hydrazine groups is 1. The molecule has 1 heterocycles. The Balaban J connectivity index is 2.67. The molecule has 0 saturated carbocycles. The van der Waals surface area contributed by atoms with Gasteiger partial charge in [0.05, 0.1) is 0 Å². The Morgan fingerprint density at radius 2 is 1.81 bits per heavy atom. The number of nitrogens with one attached hydrogen (secondary N) is 1. The van der Waals surface area contributed by atoms with E-state index in [9.17, 15) is 0 Å². The summed E-state index contributed by atoms with van der Waals surface area (Å²) in [6.07, 6.45) is 3.72. The largest absolute Gasteiger partial charge is 0.271 e. The van der Waals surface area contributed by atoms with Crippen LogP contribution in [0.25, 0.3) is 0 Å². The van der Waals surface area contributed by atoms with E-state index in [4.69, 9.17) is 5.84 Å². The average molecular weight is 262 g/mol. The van der Waals surface area contributed by atoms with Crippen LogP contribution in [-0.4, -0.2) is 28.0 Å². The Hall–Kier alpha value is 0.620. The lowest BCUT2D eigenvalue weighted by Gasteiger charge is -2.39. The summed E-state index contributed by atoms with van der Waals surface area (Å²) in [5, 5.41) is 1.47. The molecule has 0 aromatic carbocycles. The fraction of sp³-hybridized carbons (Fsp3) is 1.00. The molecule has 0 aliphatic carbocycles. The van der Waals surface area contributed by atoms with Crippen molar-refractivity contribution in [3.8, 4) is 0 Å².